The molecule has 0 spiro atoms. The van der Waals surface area contributed by atoms with Crippen LogP contribution in [0.25, 0.3) is 39.1 Å². The molecule has 0 saturated carbocycles. The van der Waals surface area contributed by atoms with Crippen LogP contribution in [-0.4, -0.2) is 0 Å². The maximum atomic E-state index is 3.48. The van der Waals surface area contributed by atoms with E-state index < -0.39 is 0 Å². The molecule has 3 heteroatoms. The van der Waals surface area contributed by atoms with Gasteiger partial charge in [0, 0.05) is 0 Å². The van der Waals surface area contributed by atoms with Crippen LogP contribution in [0, 0.1) is 6.07 Å². The van der Waals surface area contributed by atoms with E-state index in [0.29, 0.717) is 0 Å². The van der Waals surface area contributed by atoms with E-state index in [9.17, 15) is 0 Å². The van der Waals surface area contributed by atoms with Crippen LogP contribution in [0.2, 0.25) is 0 Å². The second-order valence-electron chi connectivity index (χ2n) is 5.85. The topological polar surface area (TPSA) is 0 Å². The van der Waals surface area contributed by atoms with Gasteiger partial charge in [-0.1, -0.05) is 60.0 Å². The molecule has 0 unspecified atom stereocenters. The third-order valence-electron chi connectivity index (χ3n) is 4.58. The Hall–Kier alpha value is -0.877. The zero-order chi connectivity index (χ0) is 13.3. The van der Waals surface area contributed by atoms with E-state index in [1.165, 1.54) is 49.7 Å². The Labute approximate surface area is 167 Å². The van der Waals surface area contributed by atoms with E-state index in [0.717, 1.165) is 6.42 Å². The molecule has 0 atom stereocenters. The maximum Gasteiger partial charge on any atom is 3.00 e. The minimum atomic E-state index is 0. The van der Waals surface area contributed by atoms with Gasteiger partial charge in [-0.15, -0.1) is 34.9 Å². The van der Waals surface area contributed by atoms with Gasteiger partial charge in [0.2, 0.25) is 0 Å². The van der Waals surface area contributed by atoms with Crippen molar-refractivity contribution in [3.63, 3.8) is 0 Å². The third-order valence-corrected chi connectivity index (χ3v) is 4.58. The molecule has 0 saturated heterocycles. The molecule has 0 heterocycles. The van der Waals surface area contributed by atoms with E-state index in [4.69, 9.17) is 0 Å². The van der Waals surface area contributed by atoms with Crippen LogP contribution in [0.1, 0.15) is 18.1 Å². The molecule has 3 aromatic carbocycles. The summed E-state index contributed by atoms with van der Waals surface area (Å²) >= 11 is 0. The van der Waals surface area contributed by atoms with Gasteiger partial charge in [0.15, 0.2) is 0 Å². The molecule has 2 aliphatic rings. The van der Waals surface area contributed by atoms with Crippen molar-refractivity contribution >= 4 is 16.8 Å². The number of fused-ring (bicyclic) bond motifs is 5. The maximum absolute atomic E-state index is 3.48. The molecule has 2 aliphatic carbocycles. The number of allylic oxidation sites excluding steroid dienone is 1. The molecule has 3 aromatic rings. The third kappa shape index (κ3) is 2.45. The van der Waals surface area contributed by atoms with Gasteiger partial charge >= 0.3 is 26.2 Å². The van der Waals surface area contributed by atoms with Crippen LogP contribution in [0.3, 0.4) is 0 Å². The average Bonchev–Trinajstić information content (AvgIpc) is 2.99. The summed E-state index contributed by atoms with van der Waals surface area (Å²) in [5.74, 6) is 0. The first-order chi connectivity index (χ1) is 9.83. The van der Waals surface area contributed by atoms with Gasteiger partial charge in [0.1, 0.15) is 0 Å². The summed E-state index contributed by atoms with van der Waals surface area (Å²) in [7, 11) is 0. The summed E-state index contributed by atoms with van der Waals surface area (Å²) in [4.78, 5) is 0. The summed E-state index contributed by atoms with van der Waals surface area (Å²) in [6.45, 7) is 2.21. The smallest absolute Gasteiger partial charge is 1.00 e. The Morgan fingerprint density at radius 1 is 0.913 bits per heavy atom. The fourth-order valence-corrected chi connectivity index (χ4v) is 3.79. The molecule has 0 fully saturated rings. The number of hydrogen-bond acceptors (Lipinski definition) is 0. The zero-order valence-electron chi connectivity index (χ0n) is 12.6. The fraction of sp³-hybridized carbons (Fsp3) is 0.100. The van der Waals surface area contributed by atoms with Crippen LogP contribution in [0.15, 0.2) is 48.0 Å². The summed E-state index contributed by atoms with van der Waals surface area (Å²) in [6, 6.07) is 18.9. The molecule has 0 N–H and O–H groups in total. The zero-order valence-corrected chi connectivity index (χ0v) is 16.6. The van der Waals surface area contributed by atoms with Gasteiger partial charge in [-0.25, -0.2) is 0 Å². The second kappa shape index (κ2) is 6.56. The van der Waals surface area contributed by atoms with E-state index in [-0.39, 0.29) is 51.0 Å². The quantitative estimate of drug-likeness (QED) is 0.332. The van der Waals surface area contributed by atoms with Crippen molar-refractivity contribution in [1.82, 2.24) is 0 Å². The molecule has 1 radical (unpaired) electrons. The van der Waals surface area contributed by atoms with Gasteiger partial charge < -0.3 is 24.8 Å². The number of benzene rings is 3. The van der Waals surface area contributed by atoms with Gasteiger partial charge in [-0.3, -0.25) is 0 Å². The van der Waals surface area contributed by atoms with Crippen LogP contribution in [-0.2, 0) is 32.6 Å². The van der Waals surface area contributed by atoms with Crippen LogP contribution in [0.5, 0.6) is 0 Å². The standard InChI is InChI=1S/C20H13.2ClH.Zr/c1-12-10-14-8-9-16-15-6-2-4-13-5-3-7-17(19(13)15)20(16)18(14)11-12;;;/h2-7,9-10H,11H2,1H3;2*1H;/q-1;;;+3/p-2. The van der Waals surface area contributed by atoms with E-state index >= 15 is 0 Å². The van der Waals surface area contributed by atoms with Crippen molar-refractivity contribution in [2.24, 2.45) is 0 Å². The summed E-state index contributed by atoms with van der Waals surface area (Å²) in [6.07, 6.45) is 3.35. The van der Waals surface area contributed by atoms with Crippen molar-refractivity contribution < 1.29 is 51.0 Å². The summed E-state index contributed by atoms with van der Waals surface area (Å²) < 4.78 is 0. The van der Waals surface area contributed by atoms with Crippen molar-refractivity contribution in [2.45, 2.75) is 13.3 Å². The van der Waals surface area contributed by atoms with Crippen molar-refractivity contribution in [3.05, 3.63) is 65.2 Å². The van der Waals surface area contributed by atoms with Crippen LogP contribution < -0.4 is 24.8 Å². The normalized spacial score (nSPS) is 12.5. The predicted molar refractivity (Wildman–Crippen MR) is 84.6 cm³/mol. The number of hydrogen-bond donors (Lipinski definition) is 0. The van der Waals surface area contributed by atoms with Crippen molar-refractivity contribution in [1.29, 1.82) is 0 Å². The minimum Gasteiger partial charge on any atom is -1.00 e. The number of halogens is 2. The Balaban J connectivity index is 0.000000640. The molecule has 0 aliphatic heterocycles. The van der Waals surface area contributed by atoms with Gasteiger partial charge in [-0.05, 0) is 22.8 Å². The molecule has 0 bridgehead atoms. The molecule has 5 rings (SSSR count). The fourth-order valence-electron chi connectivity index (χ4n) is 3.79. The van der Waals surface area contributed by atoms with Crippen molar-refractivity contribution in [2.75, 3.05) is 0 Å². The summed E-state index contributed by atoms with van der Waals surface area (Å²) in [5, 5.41) is 2.75. The molecular formula is C20H13Cl2Zr. The first-order valence-electron chi connectivity index (χ1n) is 7.10. The van der Waals surface area contributed by atoms with Crippen molar-refractivity contribution in [3.8, 4) is 22.3 Å². The molecule has 0 aromatic heterocycles. The predicted octanol–water partition coefficient (Wildman–Crippen LogP) is -0.748. The average molecular weight is 415 g/mol. The molecule has 0 amide bonds. The molecule has 23 heavy (non-hydrogen) atoms. The Morgan fingerprint density at radius 2 is 1.61 bits per heavy atom. The Morgan fingerprint density at radius 3 is 2.35 bits per heavy atom. The SMILES string of the molecule is CC1=Cc2[c-]cc3c(c2C1)-c1cccc2cccc-3c12.[Cl-].[Cl-].[Zr+3]. The van der Waals surface area contributed by atoms with Crippen LogP contribution >= 0.6 is 0 Å². The van der Waals surface area contributed by atoms with Crippen LogP contribution in [0.4, 0.5) is 0 Å². The van der Waals surface area contributed by atoms with E-state index in [2.05, 4.69) is 61.5 Å². The van der Waals surface area contributed by atoms with Gasteiger partial charge in [-0.2, -0.15) is 0 Å². The van der Waals surface area contributed by atoms with E-state index in [1.54, 1.807) is 0 Å². The minimum absolute atomic E-state index is 0. The first-order valence-corrected chi connectivity index (χ1v) is 7.10. The summed E-state index contributed by atoms with van der Waals surface area (Å²) in [5.41, 5.74) is 9.76. The van der Waals surface area contributed by atoms with Gasteiger partial charge in [0.05, 0.1) is 0 Å². The molecule has 111 valence electrons. The monoisotopic (exact) mass is 413 g/mol. The Kier molecular flexibility index (Phi) is 5.26. The first kappa shape index (κ1) is 18.5. The number of rotatable bonds is 0. The molecular weight excluding hydrogens is 402 g/mol. The van der Waals surface area contributed by atoms with Gasteiger partial charge in [0.25, 0.3) is 0 Å². The van der Waals surface area contributed by atoms with E-state index in [1.807, 2.05) is 0 Å². The Bertz CT molecular complexity index is 937. The molecule has 0 nitrogen and oxygen atoms in total. The largest absolute Gasteiger partial charge is 3.00 e. The second-order valence-corrected chi connectivity index (χ2v) is 5.85.